The number of amides is 1. The number of unbranched alkanes of at least 4 members (excludes halogenated alkanes) is 1. The van der Waals surface area contributed by atoms with E-state index in [9.17, 15) is 4.79 Å². The third kappa shape index (κ3) is 4.24. The van der Waals surface area contributed by atoms with Crippen LogP contribution in [0.2, 0.25) is 0 Å². The second kappa shape index (κ2) is 8.70. The number of hydrogen-bond acceptors (Lipinski definition) is 3. The Hall–Kier alpha value is -2.14. The molecule has 27 heavy (non-hydrogen) atoms. The largest absolute Gasteiger partial charge is 0.344 e. The van der Waals surface area contributed by atoms with Crippen LogP contribution in [0.25, 0.3) is 0 Å². The van der Waals surface area contributed by atoms with E-state index in [2.05, 4.69) is 59.5 Å². The van der Waals surface area contributed by atoms with Gasteiger partial charge in [-0.15, -0.1) is 0 Å². The predicted molar refractivity (Wildman–Crippen MR) is 108 cm³/mol. The minimum absolute atomic E-state index is 0.183. The van der Waals surface area contributed by atoms with Gasteiger partial charge in [0.25, 0.3) is 0 Å². The summed E-state index contributed by atoms with van der Waals surface area (Å²) in [6.07, 6.45) is 4.92. The standard InChI is InChI=1S/C22H32N4O/c1-5-6-13-24(4)22(27)21-20-19(23-16-26(20)17(2)3)12-14-25(21)15-18-10-8-7-9-11-18/h7-11,16-17,21H,5-6,12-15H2,1-4H3. The third-order valence-corrected chi connectivity index (χ3v) is 5.41. The molecule has 5 nitrogen and oxygen atoms in total. The molecular weight excluding hydrogens is 336 g/mol. The van der Waals surface area contributed by atoms with E-state index in [1.165, 1.54) is 5.56 Å². The molecule has 1 aliphatic rings. The Balaban J connectivity index is 1.95. The van der Waals surface area contributed by atoms with Crippen molar-refractivity contribution in [1.82, 2.24) is 19.4 Å². The zero-order valence-electron chi connectivity index (χ0n) is 17.1. The van der Waals surface area contributed by atoms with Gasteiger partial charge in [0.2, 0.25) is 5.91 Å². The molecule has 1 amide bonds. The number of imidazole rings is 1. The van der Waals surface area contributed by atoms with Crippen LogP contribution in [-0.4, -0.2) is 45.4 Å². The van der Waals surface area contributed by atoms with E-state index in [4.69, 9.17) is 0 Å². The maximum Gasteiger partial charge on any atom is 0.245 e. The second-order valence-corrected chi connectivity index (χ2v) is 7.80. The number of likely N-dealkylation sites (N-methyl/N-ethyl adjacent to an activating group) is 1. The Morgan fingerprint density at radius 1 is 1.30 bits per heavy atom. The number of fused-ring (bicyclic) bond motifs is 1. The lowest BCUT2D eigenvalue weighted by Crippen LogP contribution is -2.46. The van der Waals surface area contributed by atoms with Crippen LogP contribution >= 0.6 is 0 Å². The minimum Gasteiger partial charge on any atom is -0.344 e. The summed E-state index contributed by atoms with van der Waals surface area (Å²) in [6.45, 7) is 8.90. The fraction of sp³-hybridized carbons (Fsp3) is 0.545. The van der Waals surface area contributed by atoms with Crippen molar-refractivity contribution in [1.29, 1.82) is 0 Å². The molecule has 1 unspecified atom stereocenters. The molecule has 1 atom stereocenters. The molecule has 0 radical (unpaired) electrons. The maximum absolute atomic E-state index is 13.5. The highest BCUT2D eigenvalue weighted by atomic mass is 16.2. The average molecular weight is 369 g/mol. The summed E-state index contributed by atoms with van der Waals surface area (Å²) in [5.41, 5.74) is 3.40. The molecule has 3 rings (SSSR count). The van der Waals surface area contributed by atoms with E-state index in [1.54, 1.807) is 0 Å². The zero-order chi connectivity index (χ0) is 19.4. The van der Waals surface area contributed by atoms with Gasteiger partial charge in [0.1, 0.15) is 6.04 Å². The molecule has 0 aliphatic carbocycles. The molecule has 0 bridgehead atoms. The van der Waals surface area contributed by atoms with Crippen LogP contribution in [0.5, 0.6) is 0 Å². The van der Waals surface area contributed by atoms with Crippen LogP contribution in [0.4, 0.5) is 0 Å². The molecule has 1 aliphatic heterocycles. The minimum atomic E-state index is -0.263. The van der Waals surface area contributed by atoms with Crippen LogP contribution in [0, 0.1) is 0 Å². The lowest BCUT2D eigenvalue weighted by Gasteiger charge is -2.37. The highest BCUT2D eigenvalue weighted by Crippen LogP contribution is 2.33. The lowest BCUT2D eigenvalue weighted by molar-refractivity contribution is -0.137. The molecule has 0 saturated heterocycles. The van der Waals surface area contributed by atoms with Gasteiger partial charge in [0.15, 0.2) is 0 Å². The summed E-state index contributed by atoms with van der Waals surface area (Å²) in [5, 5.41) is 0. The topological polar surface area (TPSA) is 41.4 Å². The van der Waals surface area contributed by atoms with Crippen LogP contribution in [-0.2, 0) is 17.8 Å². The van der Waals surface area contributed by atoms with Crippen molar-refractivity contribution in [3.05, 3.63) is 53.6 Å². The Morgan fingerprint density at radius 3 is 2.70 bits per heavy atom. The molecule has 0 saturated carbocycles. The summed E-state index contributed by atoms with van der Waals surface area (Å²) >= 11 is 0. The van der Waals surface area contributed by atoms with E-state index in [1.807, 2.05) is 24.3 Å². The van der Waals surface area contributed by atoms with Gasteiger partial charge in [-0.2, -0.15) is 0 Å². The van der Waals surface area contributed by atoms with E-state index in [0.29, 0.717) is 0 Å². The third-order valence-electron chi connectivity index (χ3n) is 5.41. The first-order chi connectivity index (χ1) is 13.0. The summed E-state index contributed by atoms with van der Waals surface area (Å²) in [7, 11) is 1.93. The molecule has 0 N–H and O–H groups in total. The van der Waals surface area contributed by atoms with Gasteiger partial charge in [-0.1, -0.05) is 43.7 Å². The van der Waals surface area contributed by atoms with Gasteiger partial charge in [0.05, 0.1) is 17.7 Å². The lowest BCUT2D eigenvalue weighted by atomic mass is 9.99. The van der Waals surface area contributed by atoms with Crippen molar-refractivity contribution in [2.24, 2.45) is 0 Å². The molecule has 1 aromatic carbocycles. The van der Waals surface area contributed by atoms with E-state index in [-0.39, 0.29) is 18.0 Å². The van der Waals surface area contributed by atoms with Crippen LogP contribution in [0.1, 0.15) is 62.6 Å². The molecule has 1 aromatic heterocycles. The highest BCUT2D eigenvalue weighted by Gasteiger charge is 2.38. The van der Waals surface area contributed by atoms with Gasteiger partial charge >= 0.3 is 0 Å². The quantitative estimate of drug-likeness (QED) is 0.746. The van der Waals surface area contributed by atoms with E-state index >= 15 is 0 Å². The van der Waals surface area contributed by atoms with Crippen molar-refractivity contribution < 1.29 is 4.79 Å². The summed E-state index contributed by atoms with van der Waals surface area (Å²) in [6, 6.07) is 10.5. The number of benzene rings is 1. The van der Waals surface area contributed by atoms with Gasteiger partial charge in [-0.25, -0.2) is 4.98 Å². The molecule has 0 fully saturated rings. The van der Waals surface area contributed by atoms with Crippen LogP contribution in [0.15, 0.2) is 36.7 Å². The monoisotopic (exact) mass is 368 g/mol. The van der Waals surface area contributed by atoms with Crippen LogP contribution < -0.4 is 0 Å². The smallest absolute Gasteiger partial charge is 0.245 e. The first-order valence-corrected chi connectivity index (χ1v) is 10.1. The first kappa shape index (κ1) is 19.6. The van der Waals surface area contributed by atoms with E-state index < -0.39 is 0 Å². The normalized spacial score (nSPS) is 17.1. The first-order valence-electron chi connectivity index (χ1n) is 10.1. The Bertz CT molecular complexity index is 753. The molecular formula is C22H32N4O. The fourth-order valence-corrected chi connectivity index (χ4v) is 3.84. The van der Waals surface area contributed by atoms with Crippen molar-refractivity contribution in [2.45, 2.75) is 58.7 Å². The highest BCUT2D eigenvalue weighted by molar-refractivity contribution is 5.83. The summed E-state index contributed by atoms with van der Waals surface area (Å²) in [4.78, 5) is 22.3. The molecule has 0 spiro atoms. The van der Waals surface area contributed by atoms with Gasteiger partial charge < -0.3 is 9.47 Å². The summed E-state index contributed by atoms with van der Waals surface area (Å²) in [5.74, 6) is 0.183. The van der Waals surface area contributed by atoms with Crippen molar-refractivity contribution in [2.75, 3.05) is 20.1 Å². The molecule has 5 heteroatoms. The Labute approximate surface area is 163 Å². The van der Waals surface area contributed by atoms with Crippen molar-refractivity contribution >= 4 is 5.91 Å². The Kier molecular flexibility index (Phi) is 6.32. The number of aromatic nitrogens is 2. The maximum atomic E-state index is 13.5. The second-order valence-electron chi connectivity index (χ2n) is 7.80. The van der Waals surface area contributed by atoms with Crippen molar-refractivity contribution in [3.8, 4) is 0 Å². The molecule has 2 heterocycles. The van der Waals surface area contributed by atoms with Gasteiger partial charge in [0, 0.05) is 39.1 Å². The number of rotatable bonds is 7. The van der Waals surface area contributed by atoms with Gasteiger partial charge in [-0.3, -0.25) is 9.69 Å². The number of nitrogens with zero attached hydrogens (tertiary/aromatic N) is 4. The molecule has 2 aromatic rings. The predicted octanol–water partition coefficient (Wildman–Crippen LogP) is 3.82. The SMILES string of the molecule is CCCCN(C)C(=O)C1c2c(ncn2C(C)C)CCN1Cc1ccccc1. The average Bonchev–Trinajstić information content (AvgIpc) is 3.10. The number of carbonyl (C=O) groups excluding carboxylic acids is 1. The number of hydrogen-bond donors (Lipinski definition) is 0. The van der Waals surface area contributed by atoms with Crippen LogP contribution in [0.3, 0.4) is 0 Å². The number of carbonyl (C=O) groups is 1. The summed E-state index contributed by atoms with van der Waals surface area (Å²) < 4.78 is 2.18. The fourth-order valence-electron chi connectivity index (χ4n) is 3.84. The zero-order valence-corrected chi connectivity index (χ0v) is 17.1. The molecule has 146 valence electrons. The van der Waals surface area contributed by atoms with E-state index in [0.717, 1.165) is 50.3 Å². The Morgan fingerprint density at radius 2 is 2.04 bits per heavy atom. The van der Waals surface area contributed by atoms with Gasteiger partial charge in [-0.05, 0) is 25.8 Å². The van der Waals surface area contributed by atoms with Crippen molar-refractivity contribution in [3.63, 3.8) is 0 Å².